The van der Waals surface area contributed by atoms with Crippen LogP contribution in [-0.2, 0) is 0 Å². The van der Waals surface area contributed by atoms with Gasteiger partial charge in [0, 0.05) is 14.6 Å². The van der Waals surface area contributed by atoms with Crippen LogP contribution in [0.5, 0.6) is 0 Å². The third kappa shape index (κ3) is 2.61. The van der Waals surface area contributed by atoms with Crippen LogP contribution in [0.3, 0.4) is 0 Å². The molecule has 0 heterocycles. The van der Waals surface area contributed by atoms with E-state index in [2.05, 4.69) is 28.7 Å². The third-order valence-corrected chi connectivity index (χ3v) is 3.66. The van der Waals surface area contributed by atoms with Gasteiger partial charge in [-0.05, 0) is 58.7 Å². The van der Waals surface area contributed by atoms with Crippen molar-refractivity contribution in [3.8, 4) is 0 Å². The first-order valence-electron chi connectivity index (χ1n) is 4.87. The standard InChI is InChI=1S/C11H13ClIN/c12-10-4-3-8(13)6-9(10)11(14)5-7-1-2-7/h3-4,6-7,11H,1-2,5,14H2. The van der Waals surface area contributed by atoms with Crippen molar-refractivity contribution in [1.29, 1.82) is 0 Å². The molecule has 0 aromatic heterocycles. The Morgan fingerprint density at radius 1 is 1.50 bits per heavy atom. The molecule has 0 radical (unpaired) electrons. The molecule has 1 atom stereocenters. The van der Waals surface area contributed by atoms with Gasteiger partial charge in [-0.15, -0.1) is 0 Å². The molecule has 1 fully saturated rings. The highest BCUT2D eigenvalue weighted by atomic mass is 127. The summed E-state index contributed by atoms with van der Waals surface area (Å²) < 4.78 is 1.20. The minimum atomic E-state index is 0.115. The van der Waals surface area contributed by atoms with Crippen LogP contribution in [0.4, 0.5) is 0 Å². The molecule has 14 heavy (non-hydrogen) atoms. The fourth-order valence-corrected chi connectivity index (χ4v) is 2.41. The zero-order valence-corrected chi connectivity index (χ0v) is 10.8. The second-order valence-electron chi connectivity index (χ2n) is 3.95. The lowest BCUT2D eigenvalue weighted by atomic mass is 10.0. The second kappa shape index (κ2) is 4.37. The molecule has 0 amide bonds. The van der Waals surface area contributed by atoms with E-state index >= 15 is 0 Å². The lowest BCUT2D eigenvalue weighted by Gasteiger charge is -2.13. The van der Waals surface area contributed by atoms with Crippen molar-refractivity contribution in [1.82, 2.24) is 0 Å². The van der Waals surface area contributed by atoms with Crippen LogP contribution in [0, 0.1) is 9.49 Å². The Hall–Kier alpha value is 0.200. The van der Waals surface area contributed by atoms with Crippen molar-refractivity contribution < 1.29 is 0 Å². The molecule has 1 aromatic carbocycles. The third-order valence-electron chi connectivity index (χ3n) is 2.64. The van der Waals surface area contributed by atoms with Crippen molar-refractivity contribution in [2.24, 2.45) is 11.7 Å². The number of hydrogen-bond acceptors (Lipinski definition) is 1. The second-order valence-corrected chi connectivity index (χ2v) is 5.60. The monoisotopic (exact) mass is 321 g/mol. The SMILES string of the molecule is NC(CC1CC1)c1cc(I)ccc1Cl. The molecule has 1 saturated carbocycles. The number of halogens is 2. The van der Waals surface area contributed by atoms with Gasteiger partial charge in [0.25, 0.3) is 0 Å². The van der Waals surface area contributed by atoms with Crippen molar-refractivity contribution in [3.63, 3.8) is 0 Å². The summed E-state index contributed by atoms with van der Waals surface area (Å²) in [5, 5.41) is 0.804. The minimum absolute atomic E-state index is 0.115. The molecule has 0 spiro atoms. The predicted octanol–water partition coefficient (Wildman–Crippen LogP) is 3.74. The lowest BCUT2D eigenvalue weighted by molar-refractivity contribution is 0.597. The van der Waals surface area contributed by atoms with Gasteiger partial charge in [-0.2, -0.15) is 0 Å². The molecule has 1 aromatic rings. The number of benzene rings is 1. The normalized spacial score (nSPS) is 18.2. The topological polar surface area (TPSA) is 26.0 Å². The number of hydrogen-bond donors (Lipinski definition) is 1. The number of nitrogens with two attached hydrogens (primary N) is 1. The van der Waals surface area contributed by atoms with E-state index in [4.69, 9.17) is 17.3 Å². The van der Waals surface area contributed by atoms with Crippen molar-refractivity contribution in [2.75, 3.05) is 0 Å². The first-order chi connectivity index (χ1) is 6.66. The highest BCUT2D eigenvalue weighted by Crippen LogP contribution is 2.38. The Morgan fingerprint density at radius 2 is 2.21 bits per heavy atom. The summed E-state index contributed by atoms with van der Waals surface area (Å²) >= 11 is 8.40. The van der Waals surface area contributed by atoms with Crippen LogP contribution in [-0.4, -0.2) is 0 Å². The van der Waals surface area contributed by atoms with Gasteiger partial charge in [0.15, 0.2) is 0 Å². The van der Waals surface area contributed by atoms with Gasteiger partial charge >= 0.3 is 0 Å². The molecular formula is C11H13ClIN. The Bertz CT molecular complexity index is 336. The fourth-order valence-electron chi connectivity index (χ4n) is 1.64. The molecule has 1 aliphatic carbocycles. The van der Waals surface area contributed by atoms with Gasteiger partial charge in [0.05, 0.1) is 0 Å². The number of rotatable bonds is 3. The molecule has 76 valence electrons. The van der Waals surface area contributed by atoms with Gasteiger partial charge in [0.1, 0.15) is 0 Å². The predicted molar refractivity (Wildman–Crippen MR) is 68.4 cm³/mol. The summed E-state index contributed by atoms with van der Waals surface area (Å²) in [6.07, 6.45) is 3.77. The summed E-state index contributed by atoms with van der Waals surface area (Å²) in [7, 11) is 0. The van der Waals surface area contributed by atoms with E-state index < -0.39 is 0 Å². The Balaban J connectivity index is 2.15. The van der Waals surface area contributed by atoms with Crippen LogP contribution in [0.25, 0.3) is 0 Å². The van der Waals surface area contributed by atoms with Gasteiger partial charge < -0.3 is 5.73 Å². The molecule has 1 unspecified atom stereocenters. The maximum Gasteiger partial charge on any atom is 0.0454 e. The van der Waals surface area contributed by atoms with E-state index in [1.807, 2.05) is 12.1 Å². The van der Waals surface area contributed by atoms with Crippen LogP contribution in [0.2, 0.25) is 5.02 Å². The van der Waals surface area contributed by atoms with Gasteiger partial charge in [-0.3, -0.25) is 0 Å². The average Bonchev–Trinajstić information content (AvgIpc) is 2.93. The molecular weight excluding hydrogens is 308 g/mol. The molecule has 3 heteroatoms. The zero-order chi connectivity index (χ0) is 10.1. The summed E-state index contributed by atoms with van der Waals surface area (Å²) in [4.78, 5) is 0. The molecule has 0 aliphatic heterocycles. The summed E-state index contributed by atoms with van der Waals surface area (Å²) in [6.45, 7) is 0. The van der Waals surface area contributed by atoms with E-state index in [0.29, 0.717) is 0 Å². The highest BCUT2D eigenvalue weighted by molar-refractivity contribution is 14.1. The van der Waals surface area contributed by atoms with Crippen molar-refractivity contribution >= 4 is 34.2 Å². The first kappa shape index (κ1) is 10.7. The largest absolute Gasteiger partial charge is 0.324 e. The summed E-state index contributed by atoms with van der Waals surface area (Å²) in [5.41, 5.74) is 7.22. The molecule has 1 aliphatic rings. The smallest absolute Gasteiger partial charge is 0.0454 e. The van der Waals surface area contributed by atoms with Crippen LogP contribution in [0.15, 0.2) is 18.2 Å². The molecule has 2 N–H and O–H groups in total. The fraction of sp³-hybridized carbons (Fsp3) is 0.455. The van der Waals surface area contributed by atoms with Crippen LogP contribution in [0.1, 0.15) is 30.9 Å². The highest BCUT2D eigenvalue weighted by Gasteiger charge is 2.25. The Kier molecular flexibility index (Phi) is 3.34. The van der Waals surface area contributed by atoms with Gasteiger partial charge in [0.2, 0.25) is 0 Å². The Labute approximate surface area is 103 Å². The molecule has 0 saturated heterocycles. The van der Waals surface area contributed by atoms with Crippen LogP contribution >= 0.6 is 34.2 Å². The molecule has 0 bridgehead atoms. The van der Waals surface area contributed by atoms with Gasteiger partial charge in [-0.25, -0.2) is 0 Å². The maximum absolute atomic E-state index is 6.12. The van der Waals surface area contributed by atoms with Crippen molar-refractivity contribution in [2.45, 2.75) is 25.3 Å². The first-order valence-corrected chi connectivity index (χ1v) is 6.33. The quantitative estimate of drug-likeness (QED) is 0.843. The van der Waals surface area contributed by atoms with E-state index in [0.717, 1.165) is 22.9 Å². The molecule has 1 nitrogen and oxygen atoms in total. The lowest BCUT2D eigenvalue weighted by Crippen LogP contribution is -2.11. The van der Waals surface area contributed by atoms with Gasteiger partial charge in [-0.1, -0.05) is 24.4 Å². The van der Waals surface area contributed by atoms with E-state index in [1.54, 1.807) is 0 Å². The van der Waals surface area contributed by atoms with E-state index in [1.165, 1.54) is 16.4 Å². The van der Waals surface area contributed by atoms with Crippen LogP contribution < -0.4 is 5.73 Å². The maximum atomic E-state index is 6.12. The van der Waals surface area contributed by atoms with E-state index in [9.17, 15) is 0 Å². The van der Waals surface area contributed by atoms with Crippen molar-refractivity contribution in [3.05, 3.63) is 32.4 Å². The summed E-state index contributed by atoms with van der Waals surface area (Å²) in [5.74, 6) is 0.846. The average molecular weight is 322 g/mol. The molecule has 2 rings (SSSR count). The minimum Gasteiger partial charge on any atom is -0.324 e. The Morgan fingerprint density at radius 3 is 2.86 bits per heavy atom. The zero-order valence-electron chi connectivity index (χ0n) is 7.84. The van der Waals surface area contributed by atoms with E-state index in [-0.39, 0.29) is 6.04 Å². The summed E-state index contributed by atoms with van der Waals surface area (Å²) in [6, 6.07) is 6.15.